The Morgan fingerprint density at radius 2 is 0.796 bits per heavy atom. The van der Waals surface area contributed by atoms with Crippen LogP contribution in [0.2, 0.25) is 0 Å². The third kappa shape index (κ3) is 4.74. The first-order chi connectivity index (χ1) is 26.8. The Balaban J connectivity index is 1.19. The predicted molar refractivity (Wildman–Crippen MR) is 230 cm³/mol. The summed E-state index contributed by atoms with van der Waals surface area (Å²) in [6, 6.07) is 75.3. The summed E-state index contributed by atoms with van der Waals surface area (Å²) in [5.41, 5.74) is 11.8. The third-order valence-corrected chi connectivity index (χ3v) is 11.1. The zero-order valence-corrected chi connectivity index (χ0v) is 29.5. The van der Waals surface area contributed by atoms with E-state index in [4.69, 9.17) is 0 Å². The molecule has 0 unspecified atom stereocenters. The van der Waals surface area contributed by atoms with E-state index in [-0.39, 0.29) is 0 Å². The van der Waals surface area contributed by atoms with Gasteiger partial charge in [-0.05, 0) is 98.4 Å². The monoisotopic (exact) mass is 686 g/mol. The summed E-state index contributed by atoms with van der Waals surface area (Å²) in [5.74, 6) is 0. The summed E-state index contributed by atoms with van der Waals surface area (Å²) in [6.45, 7) is 0. The van der Waals surface area contributed by atoms with Crippen LogP contribution in [-0.4, -0.2) is 4.57 Å². The van der Waals surface area contributed by atoms with Crippen molar-refractivity contribution in [2.24, 2.45) is 0 Å². The summed E-state index contributed by atoms with van der Waals surface area (Å²) >= 11 is 0. The number of hydrogen-bond acceptors (Lipinski definition) is 1. The highest BCUT2D eigenvalue weighted by Crippen LogP contribution is 2.47. The molecule has 0 radical (unpaired) electrons. The Morgan fingerprint density at radius 3 is 1.41 bits per heavy atom. The molecular weight excluding hydrogens is 653 g/mol. The van der Waals surface area contributed by atoms with Crippen LogP contribution in [0.3, 0.4) is 0 Å². The average Bonchev–Trinajstić information content (AvgIpc) is 3.58. The SMILES string of the molecule is c1ccc(-c2cc(-c3ccccc3)cc(N(c3ccccc3)c3ccc4ccc5c(-n6c7ccccc7c7ccccc76)ccc6ccc3c4c65)c2)cc1. The van der Waals surface area contributed by atoms with Crippen LogP contribution in [0.25, 0.3) is 82.1 Å². The predicted octanol–water partition coefficient (Wildman–Crippen LogP) is 14.5. The van der Waals surface area contributed by atoms with Crippen LogP contribution < -0.4 is 4.90 Å². The molecule has 54 heavy (non-hydrogen) atoms. The van der Waals surface area contributed by atoms with Gasteiger partial charge >= 0.3 is 0 Å². The lowest BCUT2D eigenvalue weighted by atomic mass is 9.91. The van der Waals surface area contributed by atoms with Crippen LogP contribution in [-0.2, 0) is 0 Å². The lowest BCUT2D eigenvalue weighted by Gasteiger charge is -2.29. The molecule has 252 valence electrons. The normalized spacial score (nSPS) is 11.7. The summed E-state index contributed by atoms with van der Waals surface area (Å²) in [5, 5.41) is 10.1. The van der Waals surface area contributed by atoms with Gasteiger partial charge in [0.2, 0.25) is 0 Å². The van der Waals surface area contributed by atoms with Crippen molar-refractivity contribution in [2.45, 2.75) is 0 Å². The Labute approximate surface area is 313 Å². The molecule has 1 aromatic heterocycles. The minimum absolute atomic E-state index is 1.11. The molecule has 0 aliphatic heterocycles. The molecule has 1 heterocycles. The van der Waals surface area contributed by atoms with Crippen molar-refractivity contribution in [3.63, 3.8) is 0 Å². The fourth-order valence-corrected chi connectivity index (χ4v) is 8.68. The lowest BCUT2D eigenvalue weighted by molar-refractivity contribution is 1.20. The number of fused-ring (bicyclic) bond motifs is 3. The van der Waals surface area contributed by atoms with Gasteiger partial charge in [-0.3, -0.25) is 0 Å². The fraction of sp³-hybridized carbons (Fsp3) is 0. The standard InChI is InChI=1S/C52H34N2/c1-4-14-35(15-5-1)39-32-40(36-16-6-2-7-17-36)34-42(33-39)53(41-18-8-3-9-19-41)49-30-26-37-25-29-46-50(31-27-38-24-28-45(49)51(37)52(38)46)54-47-22-12-10-20-43(47)44-21-11-13-23-48(44)54/h1-34H. The summed E-state index contributed by atoms with van der Waals surface area (Å²) in [6.07, 6.45) is 0. The number of nitrogens with zero attached hydrogens (tertiary/aromatic N) is 2. The van der Waals surface area contributed by atoms with Gasteiger partial charge < -0.3 is 9.47 Å². The molecule has 0 saturated heterocycles. The van der Waals surface area contributed by atoms with Crippen molar-refractivity contribution in [1.82, 2.24) is 4.57 Å². The zero-order chi connectivity index (χ0) is 35.6. The molecule has 11 aromatic rings. The molecule has 11 rings (SSSR count). The average molecular weight is 687 g/mol. The quantitative estimate of drug-likeness (QED) is 0.158. The van der Waals surface area contributed by atoms with E-state index in [0.29, 0.717) is 0 Å². The van der Waals surface area contributed by atoms with Crippen LogP contribution >= 0.6 is 0 Å². The topological polar surface area (TPSA) is 8.17 Å². The molecule has 0 amide bonds. The lowest BCUT2D eigenvalue weighted by Crippen LogP contribution is -2.11. The molecule has 10 aromatic carbocycles. The fourth-order valence-electron chi connectivity index (χ4n) is 8.68. The maximum Gasteiger partial charge on any atom is 0.0541 e. The largest absolute Gasteiger partial charge is 0.310 e. The van der Waals surface area contributed by atoms with Crippen LogP contribution in [0.15, 0.2) is 206 Å². The van der Waals surface area contributed by atoms with Gasteiger partial charge in [0, 0.05) is 32.9 Å². The summed E-state index contributed by atoms with van der Waals surface area (Å²) in [4.78, 5) is 2.44. The van der Waals surface area contributed by atoms with Crippen LogP contribution in [0, 0.1) is 0 Å². The molecule has 0 aliphatic carbocycles. The first kappa shape index (κ1) is 30.5. The number of rotatable bonds is 6. The smallest absolute Gasteiger partial charge is 0.0541 e. The van der Waals surface area contributed by atoms with E-state index in [1.165, 1.54) is 82.1 Å². The van der Waals surface area contributed by atoms with Gasteiger partial charge in [-0.15, -0.1) is 0 Å². The number of hydrogen-bond donors (Lipinski definition) is 0. The summed E-state index contributed by atoms with van der Waals surface area (Å²) in [7, 11) is 0. The van der Waals surface area contributed by atoms with Crippen LogP contribution in [0.1, 0.15) is 0 Å². The molecule has 0 bridgehead atoms. The summed E-state index contributed by atoms with van der Waals surface area (Å²) < 4.78 is 2.45. The van der Waals surface area contributed by atoms with Gasteiger partial charge in [0.1, 0.15) is 0 Å². The maximum absolute atomic E-state index is 2.45. The second-order valence-electron chi connectivity index (χ2n) is 14.1. The molecule has 0 saturated carbocycles. The molecule has 0 fully saturated rings. The molecule has 2 heteroatoms. The highest BCUT2D eigenvalue weighted by atomic mass is 15.1. The highest BCUT2D eigenvalue weighted by molar-refractivity contribution is 6.27. The van der Waals surface area contributed by atoms with Gasteiger partial charge in [-0.1, -0.05) is 152 Å². The van der Waals surface area contributed by atoms with E-state index in [1.54, 1.807) is 0 Å². The Kier molecular flexibility index (Phi) is 6.90. The van der Waals surface area contributed by atoms with E-state index in [9.17, 15) is 0 Å². The van der Waals surface area contributed by atoms with Crippen molar-refractivity contribution in [1.29, 1.82) is 0 Å². The van der Waals surface area contributed by atoms with Crippen molar-refractivity contribution in [3.05, 3.63) is 206 Å². The van der Waals surface area contributed by atoms with Gasteiger partial charge in [0.25, 0.3) is 0 Å². The number of anilines is 3. The van der Waals surface area contributed by atoms with E-state index >= 15 is 0 Å². The van der Waals surface area contributed by atoms with Gasteiger partial charge in [0.05, 0.1) is 22.4 Å². The minimum atomic E-state index is 1.11. The molecule has 2 nitrogen and oxygen atoms in total. The molecule has 0 aliphatic rings. The number of aromatic nitrogens is 1. The van der Waals surface area contributed by atoms with Crippen molar-refractivity contribution in [2.75, 3.05) is 4.90 Å². The minimum Gasteiger partial charge on any atom is -0.310 e. The van der Waals surface area contributed by atoms with Crippen molar-refractivity contribution < 1.29 is 0 Å². The van der Waals surface area contributed by atoms with Gasteiger partial charge in [0.15, 0.2) is 0 Å². The maximum atomic E-state index is 2.45. The Morgan fingerprint density at radius 1 is 0.315 bits per heavy atom. The zero-order valence-electron chi connectivity index (χ0n) is 29.5. The van der Waals surface area contributed by atoms with Crippen LogP contribution in [0.4, 0.5) is 17.1 Å². The van der Waals surface area contributed by atoms with E-state index in [2.05, 4.69) is 216 Å². The van der Waals surface area contributed by atoms with Crippen LogP contribution in [0.5, 0.6) is 0 Å². The van der Waals surface area contributed by atoms with E-state index < -0.39 is 0 Å². The first-order valence-corrected chi connectivity index (χ1v) is 18.6. The first-order valence-electron chi connectivity index (χ1n) is 18.6. The van der Waals surface area contributed by atoms with E-state index in [0.717, 1.165) is 17.1 Å². The van der Waals surface area contributed by atoms with Crippen molar-refractivity contribution in [3.8, 4) is 27.9 Å². The molecule has 0 N–H and O–H groups in total. The Hall–Kier alpha value is -7.16. The number of para-hydroxylation sites is 3. The van der Waals surface area contributed by atoms with Gasteiger partial charge in [-0.2, -0.15) is 0 Å². The Bertz CT molecular complexity index is 3030. The molecule has 0 spiro atoms. The second kappa shape index (κ2) is 12.2. The highest BCUT2D eigenvalue weighted by Gasteiger charge is 2.22. The molecule has 0 atom stereocenters. The molecular formula is C52H34N2. The third-order valence-electron chi connectivity index (χ3n) is 11.1. The number of benzene rings is 10. The van der Waals surface area contributed by atoms with E-state index in [1.807, 2.05) is 0 Å². The van der Waals surface area contributed by atoms with Gasteiger partial charge in [-0.25, -0.2) is 0 Å². The second-order valence-corrected chi connectivity index (χ2v) is 14.1. The van der Waals surface area contributed by atoms with Crippen molar-refractivity contribution >= 4 is 71.2 Å².